The molecule has 0 fully saturated rings. The van der Waals surface area contributed by atoms with Crippen molar-refractivity contribution in [3.8, 4) is 0 Å². The number of nitrogens with one attached hydrogen (secondary N) is 1. The summed E-state index contributed by atoms with van der Waals surface area (Å²) in [6.45, 7) is 4.08. The summed E-state index contributed by atoms with van der Waals surface area (Å²) in [5, 5.41) is 1.24. The third-order valence-electron chi connectivity index (χ3n) is 2.29. The van der Waals surface area contributed by atoms with Gasteiger partial charge in [0.05, 0.1) is 0 Å². The SMILES string of the molecule is Cc1ccc2[nH]c([C@@H](C)N)cc2c1. The molecule has 0 spiro atoms. The van der Waals surface area contributed by atoms with E-state index in [1.807, 2.05) is 6.92 Å². The predicted octanol–water partition coefficient (Wildman–Crippen LogP) is 2.50. The first kappa shape index (κ1) is 8.32. The van der Waals surface area contributed by atoms with Crippen LogP contribution < -0.4 is 5.73 Å². The van der Waals surface area contributed by atoms with Gasteiger partial charge in [-0.05, 0) is 37.4 Å². The van der Waals surface area contributed by atoms with Gasteiger partial charge in [0, 0.05) is 17.3 Å². The Labute approximate surface area is 77.8 Å². The smallest absolute Gasteiger partial charge is 0.0456 e. The van der Waals surface area contributed by atoms with Crippen molar-refractivity contribution < 1.29 is 0 Å². The van der Waals surface area contributed by atoms with Crippen molar-refractivity contribution in [1.29, 1.82) is 0 Å². The lowest BCUT2D eigenvalue weighted by Gasteiger charge is -1.98. The molecule has 3 N–H and O–H groups in total. The third-order valence-corrected chi connectivity index (χ3v) is 2.29. The zero-order valence-electron chi connectivity index (χ0n) is 7.96. The summed E-state index contributed by atoms with van der Waals surface area (Å²) in [7, 11) is 0. The van der Waals surface area contributed by atoms with Crippen LogP contribution in [0.15, 0.2) is 24.3 Å². The Morgan fingerprint density at radius 2 is 2.08 bits per heavy atom. The minimum absolute atomic E-state index is 0.0766. The first-order valence-corrected chi connectivity index (χ1v) is 4.51. The number of aryl methyl sites for hydroxylation is 1. The number of aromatic nitrogens is 1. The Hall–Kier alpha value is -1.28. The molecule has 1 aromatic heterocycles. The van der Waals surface area contributed by atoms with E-state index in [2.05, 4.69) is 36.2 Å². The highest BCUT2D eigenvalue weighted by Crippen LogP contribution is 2.19. The fourth-order valence-corrected chi connectivity index (χ4v) is 1.52. The summed E-state index contributed by atoms with van der Waals surface area (Å²) in [5.74, 6) is 0. The minimum Gasteiger partial charge on any atom is -0.357 e. The van der Waals surface area contributed by atoms with Crippen LogP contribution in [0.3, 0.4) is 0 Å². The van der Waals surface area contributed by atoms with Gasteiger partial charge >= 0.3 is 0 Å². The van der Waals surface area contributed by atoms with Crippen molar-refractivity contribution in [2.75, 3.05) is 0 Å². The predicted molar refractivity (Wildman–Crippen MR) is 55.6 cm³/mol. The van der Waals surface area contributed by atoms with E-state index in [9.17, 15) is 0 Å². The number of fused-ring (bicyclic) bond motifs is 1. The van der Waals surface area contributed by atoms with Crippen molar-refractivity contribution in [3.63, 3.8) is 0 Å². The maximum Gasteiger partial charge on any atom is 0.0456 e. The Morgan fingerprint density at radius 1 is 1.31 bits per heavy atom. The highest BCUT2D eigenvalue weighted by molar-refractivity contribution is 5.81. The highest BCUT2D eigenvalue weighted by atomic mass is 14.8. The molecule has 2 nitrogen and oxygen atoms in total. The van der Waals surface area contributed by atoms with Gasteiger partial charge in [-0.15, -0.1) is 0 Å². The molecule has 13 heavy (non-hydrogen) atoms. The van der Waals surface area contributed by atoms with E-state index < -0.39 is 0 Å². The van der Waals surface area contributed by atoms with E-state index in [0.717, 1.165) is 11.2 Å². The van der Waals surface area contributed by atoms with Gasteiger partial charge in [0.25, 0.3) is 0 Å². The van der Waals surface area contributed by atoms with Crippen molar-refractivity contribution in [3.05, 3.63) is 35.5 Å². The standard InChI is InChI=1S/C11H14N2/c1-7-3-4-10-9(5-7)6-11(13-10)8(2)12/h3-6,8,13H,12H2,1-2H3/t8-/m1/s1. The van der Waals surface area contributed by atoms with Crippen LogP contribution >= 0.6 is 0 Å². The monoisotopic (exact) mass is 174 g/mol. The van der Waals surface area contributed by atoms with E-state index >= 15 is 0 Å². The lowest BCUT2D eigenvalue weighted by atomic mass is 10.2. The number of H-pyrrole nitrogens is 1. The van der Waals surface area contributed by atoms with Gasteiger partial charge in [-0.25, -0.2) is 0 Å². The molecule has 2 heteroatoms. The third kappa shape index (κ3) is 1.45. The Morgan fingerprint density at radius 3 is 2.77 bits per heavy atom. The molecular formula is C11H14N2. The van der Waals surface area contributed by atoms with Gasteiger partial charge in [-0.2, -0.15) is 0 Å². The van der Waals surface area contributed by atoms with Crippen molar-refractivity contribution in [2.24, 2.45) is 5.73 Å². The zero-order valence-corrected chi connectivity index (χ0v) is 7.96. The van der Waals surface area contributed by atoms with Gasteiger partial charge in [0.2, 0.25) is 0 Å². The second-order valence-electron chi connectivity index (χ2n) is 3.60. The summed E-state index contributed by atoms with van der Waals surface area (Å²) in [5.41, 5.74) is 9.33. The summed E-state index contributed by atoms with van der Waals surface area (Å²) in [6.07, 6.45) is 0. The minimum atomic E-state index is 0.0766. The van der Waals surface area contributed by atoms with Crippen LogP contribution in [0.2, 0.25) is 0 Å². The number of nitrogens with two attached hydrogens (primary N) is 1. The molecule has 0 aliphatic heterocycles. The summed E-state index contributed by atoms with van der Waals surface area (Å²) < 4.78 is 0. The molecule has 2 aromatic rings. The van der Waals surface area contributed by atoms with E-state index in [4.69, 9.17) is 5.73 Å². The zero-order chi connectivity index (χ0) is 9.42. The average molecular weight is 174 g/mol. The Balaban J connectivity index is 2.62. The van der Waals surface area contributed by atoms with E-state index in [1.54, 1.807) is 0 Å². The fourth-order valence-electron chi connectivity index (χ4n) is 1.52. The van der Waals surface area contributed by atoms with Crippen LogP contribution in [0, 0.1) is 6.92 Å². The molecule has 68 valence electrons. The van der Waals surface area contributed by atoms with E-state index in [1.165, 1.54) is 10.9 Å². The molecule has 0 amide bonds. The fraction of sp³-hybridized carbons (Fsp3) is 0.273. The normalized spacial score (nSPS) is 13.5. The van der Waals surface area contributed by atoms with Crippen molar-refractivity contribution in [1.82, 2.24) is 4.98 Å². The molecule has 0 saturated carbocycles. The summed E-state index contributed by atoms with van der Waals surface area (Å²) >= 11 is 0. The number of hydrogen-bond donors (Lipinski definition) is 2. The van der Waals surface area contributed by atoms with Gasteiger partial charge in [-0.1, -0.05) is 11.6 Å². The number of hydrogen-bond acceptors (Lipinski definition) is 1. The van der Waals surface area contributed by atoms with E-state index in [0.29, 0.717) is 0 Å². The van der Waals surface area contributed by atoms with Crippen LogP contribution in [-0.4, -0.2) is 4.98 Å². The molecule has 2 rings (SSSR count). The summed E-state index contributed by atoms with van der Waals surface area (Å²) in [6, 6.07) is 8.55. The van der Waals surface area contributed by atoms with Crippen LogP contribution in [0.4, 0.5) is 0 Å². The second kappa shape index (κ2) is 2.89. The Bertz CT molecular complexity index is 427. The number of benzene rings is 1. The van der Waals surface area contributed by atoms with Crippen LogP contribution in [-0.2, 0) is 0 Å². The lowest BCUT2D eigenvalue weighted by Crippen LogP contribution is -2.04. The average Bonchev–Trinajstić information content (AvgIpc) is 2.46. The summed E-state index contributed by atoms with van der Waals surface area (Å²) in [4.78, 5) is 3.30. The van der Waals surface area contributed by atoms with Gasteiger partial charge in [0.1, 0.15) is 0 Å². The molecule has 0 saturated heterocycles. The maximum absolute atomic E-state index is 5.78. The molecular weight excluding hydrogens is 160 g/mol. The molecule has 0 aliphatic rings. The van der Waals surface area contributed by atoms with Crippen LogP contribution in [0.1, 0.15) is 24.2 Å². The largest absolute Gasteiger partial charge is 0.357 e. The quantitative estimate of drug-likeness (QED) is 0.685. The van der Waals surface area contributed by atoms with Crippen molar-refractivity contribution >= 4 is 10.9 Å². The van der Waals surface area contributed by atoms with Gasteiger partial charge in [-0.3, -0.25) is 0 Å². The topological polar surface area (TPSA) is 41.8 Å². The van der Waals surface area contributed by atoms with Gasteiger partial charge in [0.15, 0.2) is 0 Å². The molecule has 1 heterocycles. The molecule has 1 atom stereocenters. The molecule has 0 bridgehead atoms. The molecule has 1 aromatic carbocycles. The van der Waals surface area contributed by atoms with Gasteiger partial charge < -0.3 is 10.7 Å². The first-order chi connectivity index (χ1) is 6.16. The number of aromatic amines is 1. The second-order valence-corrected chi connectivity index (χ2v) is 3.60. The Kier molecular flexibility index (Phi) is 1.85. The molecule has 0 unspecified atom stereocenters. The first-order valence-electron chi connectivity index (χ1n) is 4.51. The maximum atomic E-state index is 5.78. The van der Waals surface area contributed by atoms with Crippen LogP contribution in [0.25, 0.3) is 10.9 Å². The molecule has 0 radical (unpaired) electrons. The van der Waals surface area contributed by atoms with Crippen LogP contribution in [0.5, 0.6) is 0 Å². The number of rotatable bonds is 1. The van der Waals surface area contributed by atoms with E-state index in [-0.39, 0.29) is 6.04 Å². The molecule has 0 aliphatic carbocycles. The highest BCUT2D eigenvalue weighted by Gasteiger charge is 2.03. The lowest BCUT2D eigenvalue weighted by molar-refractivity contribution is 0.792. The van der Waals surface area contributed by atoms with Crippen molar-refractivity contribution in [2.45, 2.75) is 19.9 Å².